The van der Waals surface area contributed by atoms with Crippen LogP contribution in [0.4, 0.5) is 5.69 Å². The van der Waals surface area contributed by atoms with Gasteiger partial charge in [-0.15, -0.1) is 0 Å². The second-order valence-corrected chi connectivity index (χ2v) is 8.18. The van der Waals surface area contributed by atoms with Crippen molar-refractivity contribution in [2.45, 2.75) is 33.3 Å². The first-order valence-corrected chi connectivity index (χ1v) is 10.5. The van der Waals surface area contributed by atoms with Crippen molar-refractivity contribution in [3.05, 3.63) is 64.7 Å². The number of imide groups is 1. The Morgan fingerprint density at radius 3 is 2.15 bits per heavy atom. The number of ether oxygens (including phenoxy) is 1. The minimum atomic E-state index is -1.14. The van der Waals surface area contributed by atoms with Crippen LogP contribution >= 0.6 is 0 Å². The van der Waals surface area contributed by atoms with Crippen LogP contribution in [-0.4, -0.2) is 47.1 Å². The molecule has 1 unspecified atom stereocenters. The van der Waals surface area contributed by atoms with Gasteiger partial charge in [0.15, 0.2) is 6.10 Å². The summed E-state index contributed by atoms with van der Waals surface area (Å²) >= 11 is 0. The molecule has 9 heteroatoms. The maximum absolute atomic E-state index is 12.7. The molecule has 1 aliphatic heterocycles. The first kappa shape index (κ1) is 23.6. The molecule has 4 amide bonds. The highest BCUT2D eigenvalue weighted by atomic mass is 16.5. The number of hydrogen-bond donors (Lipinski definition) is 2. The van der Waals surface area contributed by atoms with Gasteiger partial charge >= 0.3 is 5.97 Å². The number of hydrogen-bond acceptors (Lipinski definition) is 6. The second-order valence-electron chi connectivity index (χ2n) is 8.18. The van der Waals surface area contributed by atoms with Crippen molar-refractivity contribution in [3.8, 4) is 0 Å². The lowest BCUT2D eigenvalue weighted by Gasteiger charge is -2.14. The zero-order valence-electron chi connectivity index (χ0n) is 18.6. The minimum Gasteiger partial charge on any atom is -0.449 e. The molecule has 1 heterocycles. The van der Waals surface area contributed by atoms with Crippen LogP contribution in [0, 0.1) is 5.92 Å². The molecule has 1 aliphatic rings. The van der Waals surface area contributed by atoms with E-state index >= 15 is 0 Å². The molecule has 3 N–H and O–H groups in total. The van der Waals surface area contributed by atoms with E-state index < -0.39 is 29.8 Å². The first-order valence-electron chi connectivity index (χ1n) is 10.5. The topological polar surface area (TPSA) is 136 Å². The number of carbonyl (C=O) groups is 5. The van der Waals surface area contributed by atoms with Crippen molar-refractivity contribution in [2.75, 3.05) is 11.9 Å². The van der Waals surface area contributed by atoms with Crippen LogP contribution in [0.5, 0.6) is 0 Å². The van der Waals surface area contributed by atoms with E-state index in [-0.39, 0.29) is 22.6 Å². The van der Waals surface area contributed by atoms with Gasteiger partial charge in [0.2, 0.25) is 5.91 Å². The number of nitrogens with zero attached hydrogens (tertiary/aromatic N) is 1. The van der Waals surface area contributed by atoms with Gasteiger partial charge in [0.1, 0.15) is 0 Å². The predicted octanol–water partition coefficient (Wildman–Crippen LogP) is 2.61. The number of carbonyl (C=O) groups excluding carboxylic acids is 5. The van der Waals surface area contributed by atoms with Gasteiger partial charge in [-0.25, -0.2) is 4.79 Å². The van der Waals surface area contributed by atoms with Gasteiger partial charge in [0.05, 0.1) is 16.7 Å². The molecule has 3 rings (SSSR count). The lowest BCUT2D eigenvalue weighted by atomic mass is 10.1. The van der Waals surface area contributed by atoms with Crippen molar-refractivity contribution in [1.82, 2.24) is 4.90 Å². The average Bonchev–Trinajstić information content (AvgIpc) is 3.01. The summed E-state index contributed by atoms with van der Waals surface area (Å²) in [5.41, 5.74) is 6.32. The fraction of sp³-hybridized carbons (Fsp3) is 0.292. The van der Waals surface area contributed by atoms with Crippen LogP contribution in [0.15, 0.2) is 42.5 Å². The number of benzene rings is 2. The monoisotopic (exact) mass is 451 g/mol. The number of nitrogens with one attached hydrogen (secondary N) is 1. The molecule has 2 aromatic carbocycles. The van der Waals surface area contributed by atoms with Gasteiger partial charge in [-0.1, -0.05) is 13.8 Å². The summed E-state index contributed by atoms with van der Waals surface area (Å²) in [5.74, 6) is -2.48. The van der Waals surface area contributed by atoms with E-state index in [2.05, 4.69) is 5.32 Å². The number of primary amides is 1. The molecule has 1 atom stereocenters. The number of anilines is 1. The van der Waals surface area contributed by atoms with E-state index in [0.29, 0.717) is 30.1 Å². The number of esters is 1. The van der Waals surface area contributed by atoms with Crippen molar-refractivity contribution in [3.63, 3.8) is 0 Å². The molecule has 0 aromatic heterocycles. The van der Waals surface area contributed by atoms with Gasteiger partial charge in [-0.2, -0.15) is 0 Å². The summed E-state index contributed by atoms with van der Waals surface area (Å²) < 4.78 is 5.23. The summed E-state index contributed by atoms with van der Waals surface area (Å²) in [6, 6.07) is 10.1. The van der Waals surface area contributed by atoms with Crippen LogP contribution in [0.2, 0.25) is 0 Å². The van der Waals surface area contributed by atoms with E-state index in [1.54, 1.807) is 0 Å². The Hall–Kier alpha value is -4.01. The Balaban J connectivity index is 1.65. The van der Waals surface area contributed by atoms with Crippen molar-refractivity contribution in [2.24, 2.45) is 11.7 Å². The zero-order valence-corrected chi connectivity index (χ0v) is 18.6. The molecule has 2 aromatic rings. The molecular formula is C24H25N3O6. The van der Waals surface area contributed by atoms with Gasteiger partial charge in [0, 0.05) is 17.8 Å². The molecule has 0 fully saturated rings. The highest BCUT2D eigenvalue weighted by Gasteiger charge is 2.36. The molecule has 0 saturated heterocycles. The Morgan fingerprint density at radius 2 is 1.55 bits per heavy atom. The van der Waals surface area contributed by atoms with E-state index in [1.807, 2.05) is 13.8 Å². The van der Waals surface area contributed by atoms with Crippen molar-refractivity contribution < 1.29 is 28.7 Å². The van der Waals surface area contributed by atoms with Crippen LogP contribution in [0.3, 0.4) is 0 Å². The normalized spacial score (nSPS) is 13.6. The fourth-order valence-corrected chi connectivity index (χ4v) is 3.25. The van der Waals surface area contributed by atoms with E-state index in [9.17, 15) is 24.0 Å². The molecule has 172 valence electrons. The van der Waals surface area contributed by atoms with Crippen LogP contribution < -0.4 is 11.1 Å². The number of nitrogens with two attached hydrogens (primary N) is 1. The summed E-state index contributed by atoms with van der Waals surface area (Å²) in [4.78, 5) is 62.4. The molecule has 0 aliphatic carbocycles. The van der Waals surface area contributed by atoms with Gasteiger partial charge in [0.25, 0.3) is 17.7 Å². The summed E-state index contributed by atoms with van der Waals surface area (Å²) in [5, 5.41) is 2.57. The minimum absolute atomic E-state index is 0.0612. The summed E-state index contributed by atoms with van der Waals surface area (Å²) in [6.45, 7) is 5.71. The Kier molecular flexibility index (Phi) is 6.91. The summed E-state index contributed by atoms with van der Waals surface area (Å²) in [7, 11) is 0. The van der Waals surface area contributed by atoms with E-state index in [1.165, 1.54) is 54.3 Å². The standard InChI is InChI=1S/C24H25N3O6/c1-13(2)10-11-27-22(30)18-9-6-16(12-19(18)23(27)31)24(32)33-14(3)21(29)26-17-7-4-15(5-8-17)20(25)28/h4-9,12-14H,10-11H2,1-3H3,(H2,25,28)(H,26,29). The SMILES string of the molecule is CC(C)CCN1C(=O)c2ccc(C(=O)OC(C)C(=O)Nc3ccc(C(N)=O)cc3)cc2C1=O. The third kappa shape index (κ3) is 5.25. The molecule has 33 heavy (non-hydrogen) atoms. The Labute approximate surface area is 190 Å². The lowest BCUT2D eigenvalue weighted by Crippen LogP contribution is -2.31. The molecule has 9 nitrogen and oxygen atoms in total. The quantitative estimate of drug-likeness (QED) is 0.468. The highest BCUT2D eigenvalue weighted by molar-refractivity contribution is 6.22. The maximum atomic E-state index is 12.7. The predicted molar refractivity (Wildman–Crippen MR) is 120 cm³/mol. The Bertz CT molecular complexity index is 1120. The van der Waals surface area contributed by atoms with Crippen LogP contribution in [0.25, 0.3) is 0 Å². The lowest BCUT2D eigenvalue weighted by molar-refractivity contribution is -0.123. The van der Waals surface area contributed by atoms with Gasteiger partial charge in [-0.05, 0) is 61.7 Å². The molecule has 0 saturated carbocycles. The van der Waals surface area contributed by atoms with Crippen molar-refractivity contribution >= 4 is 35.3 Å². The highest BCUT2D eigenvalue weighted by Crippen LogP contribution is 2.25. The number of fused-ring (bicyclic) bond motifs is 1. The molecule has 0 spiro atoms. The fourth-order valence-electron chi connectivity index (χ4n) is 3.25. The van der Waals surface area contributed by atoms with Gasteiger partial charge in [-0.3, -0.25) is 24.1 Å². The Morgan fingerprint density at radius 1 is 0.939 bits per heavy atom. The smallest absolute Gasteiger partial charge is 0.338 e. The molecular weight excluding hydrogens is 426 g/mol. The number of amides is 4. The van der Waals surface area contributed by atoms with Crippen LogP contribution in [-0.2, 0) is 9.53 Å². The largest absolute Gasteiger partial charge is 0.449 e. The van der Waals surface area contributed by atoms with Gasteiger partial charge < -0.3 is 15.8 Å². The van der Waals surface area contributed by atoms with Crippen LogP contribution in [0.1, 0.15) is 68.6 Å². The third-order valence-electron chi connectivity index (χ3n) is 5.23. The van der Waals surface area contributed by atoms with E-state index in [0.717, 1.165) is 0 Å². The number of rotatable bonds is 8. The van der Waals surface area contributed by atoms with E-state index in [4.69, 9.17) is 10.5 Å². The average molecular weight is 451 g/mol. The molecule has 0 bridgehead atoms. The van der Waals surface area contributed by atoms with Crippen molar-refractivity contribution in [1.29, 1.82) is 0 Å². The molecule has 0 radical (unpaired) electrons. The second kappa shape index (κ2) is 9.64. The third-order valence-corrected chi connectivity index (χ3v) is 5.23. The summed E-state index contributed by atoms with van der Waals surface area (Å²) in [6.07, 6.45) is -0.459. The first-order chi connectivity index (χ1) is 15.6. The maximum Gasteiger partial charge on any atom is 0.338 e. The zero-order chi connectivity index (χ0) is 24.3.